The summed E-state index contributed by atoms with van der Waals surface area (Å²) in [6, 6.07) is 23.3. The Bertz CT molecular complexity index is 1360. The van der Waals surface area contributed by atoms with Gasteiger partial charge in [-0.15, -0.1) is 0 Å². The Balaban J connectivity index is 1.46. The summed E-state index contributed by atoms with van der Waals surface area (Å²) in [5.41, 5.74) is 3.10. The quantitative estimate of drug-likeness (QED) is 0.276. The van der Waals surface area contributed by atoms with Crippen LogP contribution >= 0.6 is 0 Å². The maximum absolute atomic E-state index is 13.3. The molecule has 1 aromatic heterocycles. The lowest BCUT2D eigenvalue weighted by atomic mass is 9.87. The van der Waals surface area contributed by atoms with Crippen molar-refractivity contribution in [2.45, 2.75) is 37.9 Å². The molecule has 1 fully saturated rings. The summed E-state index contributed by atoms with van der Waals surface area (Å²) in [6.45, 7) is 4.15. The summed E-state index contributed by atoms with van der Waals surface area (Å²) in [5, 5.41) is 4.04. The minimum atomic E-state index is -4.41. The summed E-state index contributed by atoms with van der Waals surface area (Å²) in [6.07, 6.45) is 0.183. The van der Waals surface area contributed by atoms with Gasteiger partial charge in [-0.3, -0.25) is 4.79 Å². The van der Waals surface area contributed by atoms with Crippen LogP contribution in [0.1, 0.15) is 47.4 Å². The van der Waals surface area contributed by atoms with Gasteiger partial charge < -0.3 is 14.8 Å². The number of nitrogens with zero attached hydrogens (tertiary/aromatic N) is 2. The third-order valence-electron chi connectivity index (χ3n) is 7.37. The Kier molecular flexibility index (Phi) is 7.84. The average Bonchev–Trinajstić information content (AvgIpc) is 3.56. The van der Waals surface area contributed by atoms with E-state index in [1.165, 1.54) is 25.0 Å². The molecule has 0 radical (unpaired) electrons. The van der Waals surface area contributed by atoms with Crippen molar-refractivity contribution in [3.63, 3.8) is 0 Å². The molecule has 0 bridgehead atoms. The number of alkyl halides is 3. The minimum Gasteiger partial charge on any atom is -0.355 e. The van der Waals surface area contributed by atoms with Crippen molar-refractivity contribution in [1.29, 1.82) is 0 Å². The highest BCUT2D eigenvalue weighted by Crippen LogP contribution is 2.37. The Hall–Kier alpha value is -3.58. The first-order valence-corrected chi connectivity index (χ1v) is 13.2. The van der Waals surface area contributed by atoms with Gasteiger partial charge >= 0.3 is 6.18 Å². The van der Waals surface area contributed by atoms with Crippen molar-refractivity contribution in [2.24, 2.45) is 0 Å². The standard InChI is InChI=1S/C31H32F3N3O/c32-31(33,34)25-14-12-24(13-15-25)27(20-30(38)35-16-19-36-17-6-7-18-36)28-22-37(21-23-8-2-1-3-9-23)29-11-5-4-10-26(28)29/h1-5,8-15,22,27H,6-7,16-21H2,(H,35,38). The maximum atomic E-state index is 13.3. The number of fused-ring (bicyclic) bond motifs is 1. The van der Waals surface area contributed by atoms with Crippen molar-refractivity contribution in [1.82, 2.24) is 14.8 Å². The second kappa shape index (κ2) is 11.4. The Morgan fingerprint density at radius 3 is 2.29 bits per heavy atom. The van der Waals surface area contributed by atoms with Crippen LogP contribution < -0.4 is 5.32 Å². The second-order valence-electron chi connectivity index (χ2n) is 9.99. The van der Waals surface area contributed by atoms with Gasteiger partial charge in [-0.1, -0.05) is 60.7 Å². The van der Waals surface area contributed by atoms with Crippen molar-refractivity contribution in [2.75, 3.05) is 26.2 Å². The number of halogens is 3. The van der Waals surface area contributed by atoms with Crippen LogP contribution in [0.15, 0.2) is 85.1 Å². The van der Waals surface area contributed by atoms with E-state index in [9.17, 15) is 18.0 Å². The average molecular weight is 520 g/mol. The monoisotopic (exact) mass is 519 g/mol. The van der Waals surface area contributed by atoms with E-state index in [1.807, 2.05) is 42.5 Å². The van der Waals surface area contributed by atoms with E-state index in [2.05, 4.69) is 33.1 Å². The van der Waals surface area contributed by atoms with Crippen LogP contribution in [-0.4, -0.2) is 41.6 Å². The number of likely N-dealkylation sites (tertiary alicyclic amines) is 1. The zero-order valence-corrected chi connectivity index (χ0v) is 21.3. The fourth-order valence-corrected chi connectivity index (χ4v) is 5.39. The van der Waals surface area contributed by atoms with Gasteiger partial charge in [0.05, 0.1) is 5.56 Å². The van der Waals surface area contributed by atoms with Gasteiger partial charge in [0, 0.05) is 49.1 Å². The molecule has 0 saturated carbocycles. The SMILES string of the molecule is O=C(CC(c1ccc(C(F)(F)F)cc1)c1cn(Cc2ccccc2)c2ccccc12)NCCN1CCCC1. The molecule has 2 heterocycles. The van der Waals surface area contributed by atoms with Crippen LogP contribution in [0.3, 0.4) is 0 Å². The highest BCUT2D eigenvalue weighted by atomic mass is 19.4. The summed E-state index contributed by atoms with van der Waals surface area (Å²) in [5.74, 6) is -0.486. The van der Waals surface area contributed by atoms with Crippen LogP contribution in [-0.2, 0) is 17.5 Å². The predicted molar refractivity (Wildman–Crippen MR) is 144 cm³/mol. The molecule has 1 aliphatic heterocycles. The molecule has 38 heavy (non-hydrogen) atoms. The smallest absolute Gasteiger partial charge is 0.355 e. The molecule has 1 unspecified atom stereocenters. The van der Waals surface area contributed by atoms with E-state index in [0.717, 1.165) is 53.8 Å². The summed E-state index contributed by atoms with van der Waals surface area (Å²) >= 11 is 0. The second-order valence-corrected chi connectivity index (χ2v) is 9.99. The number of hydrogen-bond donors (Lipinski definition) is 1. The number of hydrogen-bond acceptors (Lipinski definition) is 2. The van der Waals surface area contributed by atoms with Gasteiger partial charge in [-0.25, -0.2) is 0 Å². The summed E-state index contributed by atoms with van der Waals surface area (Å²) < 4.78 is 42.0. The van der Waals surface area contributed by atoms with Crippen LogP contribution in [0, 0.1) is 0 Å². The molecule has 3 aromatic carbocycles. The summed E-state index contributed by atoms with van der Waals surface area (Å²) in [4.78, 5) is 15.5. The number of aromatic nitrogens is 1. The van der Waals surface area contributed by atoms with Crippen LogP contribution in [0.2, 0.25) is 0 Å². The number of nitrogens with one attached hydrogen (secondary N) is 1. The molecule has 7 heteroatoms. The lowest BCUT2D eigenvalue weighted by Gasteiger charge is -2.19. The summed E-state index contributed by atoms with van der Waals surface area (Å²) in [7, 11) is 0. The van der Waals surface area contributed by atoms with E-state index < -0.39 is 11.7 Å². The minimum absolute atomic E-state index is 0.103. The number of rotatable bonds is 9. The first kappa shape index (κ1) is 26.0. The van der Waals surface area contributed by atoms with Gasteiger partial charge in [-0.2, -0.15) is 13.2 Å². The Morgan fingerprint density at radius 2 is 1.58 bits per heavy atom. The molecule has 1 N–H and O–H groups in total. The highest BCUT2D eigenvalue weighted by Gasteiger charge is 2.31. The fourth-order valence-electron chi connectivity index (χ4n) is 5.39. The number of benzene rings is 3. The molecular weight excluding hydrogens is 487 g/mol. The highest BCUT2D eigenvalue weighted by molar-refractivity contribution is 5.86. The molecule has 0 aliphatic carbocycles. The number of amides is 1. The van der Waals surface area contributed by atoms with Crippen LogP contribution in [0.4, 0.5) is 13.2 Å². The van der Waals surface area contributed by atoms with Gasteiger partial charge in [0.15, 0.2) is 0 Å². The largest absolute Gasteiger partial charge is 0.416 e. The lowest BCUT2D eigenvalue weighted by Crippen LogP contribution is -2.34. The molecule has 1 atom stereocenters. The van der Waals surface area contributed by atoms with E-state index in [0.29, 0.717) is 18.7 Å². The van der Waals surface area contributed by atoms with Crippen molar-refractivity contribution >= 4 is 16.8 Å². The van der Waals surface area contributed by atoms with Crippen molar-refractivity contribution in [3.8, 4) is 0 Å². The topological polar surface area (TPSA) is 37.3 Å². The third-order valence-corrected chi connectivity index (χ3v) is 7.37. The Morgan fingerprint density at radius 1 is 0.895 bits per heavy atom. The van der Waals surface area contributed by atoms with Crippen LogP contribution in [0.25, 0.3) is 10.9 Å². The van der Waals surface area contributed by atoms with Gasteiger partial charge in [0.25, 0.3) is 0 Å². The van der Waals surface area contributed by atoms with E-state index in [1.54, 1.807) is 0 Å². The number of carbonyl (C=O) groups is 1. The lowest BCUT2D eigenvalue weighted by molar-refractivity contribution is -0.137. The van der Waals surface area contributed by atoms with Crippen molar-refractivity contribution in [3.05, 3.63) is 107 Å². The van der Waals surface area contributed by atoms with Gasteiger partial charge in [0.2, 0.25) is 5.91 Å². The molecular formula is C31H32F3N3O. The number of para-hydroxylation sites is 1. The Labute approximate surface area is 221 Å². The van der Waals surface area contributed by atoms with Gasteiger partial charge in [-0.05, 0) is 60.8 Å². The molecule has 1 amide bonds. The molecule has 4 aromatic rings. The molecule has 1 aliphatic rings. The van der Waals surface area contributed by atoms with Gasteiger partial charge in [0.1, 0.15) is 0 Å². The molecule has 4 nitrogen and oxygen atoms in total. The van der Waals surface area contributed by atoms with E-state index in [-0.39, 0.29) is 18.2 Å². The normalized spacial score (nSPS) is 15.1. The third kappa shape index (κ3) is 6.10. The zero-order chi connectivity index (χ0) is 26.5. The van der Waals surface area contributed by atoms with E-state index >= 15 is 0 Å². The first-order valence-electron chi connectivity index (χ1n) is 13.2. The van der Waals surface area contributed by atoms with E-state index in [4.69, 9.17) is 0 Å². The fraction of sp³-hybridized carbons (Fsp3) is 0.323. The molecule has 198 valence electrons. The number of carbonyl (C=O) groups excluding carboxylic acids is 1. The molecule has 1 saturated heterocycles. The van der Waals surface area contributed by atoms with Crippen LogP contribution in [0.5, 0.6) is 0 Å². The van der Waals surface area contributed by atoms with Crippen molar-refractivity contribution < 1.29 is 18.0 Å². The predicted octanol–water partition coefficient (Wildman–Crippen LogP) is 6.44. The molecule has 5 rings (SSSR count). The first-order chi connectivity index (χ1) is 18.4. The maximum Gasteiger partial charge on any atom is 0.416 e. The zero-order valence-electron chi connectivity index (χ0n) is 21.3. The molecule has 0 spiro atoms.